The van der Waals surface area contributed by atoms with Crippen molar-refractivity contribution in [2.45, 2.75) is 39.3 Å². The second kappa shape index (κ2) is 6.57. The number of ether oxygens (including phenoxy) is 1. The minimum atomic E-state index is -0.385. The minimum absolute atomic E-state index is 0.130. The van der Waals surface area contributed by atoms with Crippen molar-refractivity contribution in [3.05, 3.63) is 29.8 Å². The molecule has 4 nitrogen and oxygen atoms in total. The van der Waals surface area contributed by atoms with Gasteiger partial charge in [-0.05, 0) is 24.6 Å². The molecule has 0 aliphatic carbocycles. The molecule has 1 aromatic rings. The number of hydrogen-bond donors (Lipinski definition) is 1. The smallest absolute Gasteiger partial charge is 0.224 e. The lowest BCUT2D eigenvalue weighted by Gasteiger charge is -2.19. The van der Waals surface area contributed by atoms with E-state index < -0.39 is 0 Å². The molecular weight excluding hydrogens is 240 g/mol. The maximum absolute atomic E-state index is 11.7. The molecule has 1 aromatic carbocycles. The van der Waals surface area contributed by atoms with Crippen molar-refractivity contribution >= 4 is 5.91 Å². The topological polar surface area (TPSA) is 55.6 Å². The summed E-state index contributed by atoms with van der Waals surface area (Å²) in [5, 5.41) is 0. The van der Waals surface area contributed by atoms with E-state index in [-0.39, 0.29) is 11.4 Å². The van der Waals surface area contributed by atoms with Gasteiger partial charge in [-0.2, -0.15) is 0 Å². The standard InChI is InChI=1S/C13H18N2O2.C2H6/c1-13(14)7-12(16)15(9-13)8-10-3-5-11(17-2)6-4-10;1-2/h3-6H,7-9,14H2,1-2H3;1-2H3. The van der Waals surface area contributed by atoms with Crippen molar-refractivity contribution in [1.82, 2.24) is 4.90 Å². The lowest BCUT2D eigenvalue weighted by atomic mass is 10.0. The van der Waals surface area contributed by atoms with Crippen LogP contribution < -0.4 is 10.5 Å². The highest BCUT2D eigenvalue weighted by Gasteiger charge is 2.35. The first-order valence-corrected chi connectivity index (χ1v) is 6.70. The third kappa shape index (κ3) is 4.24. The van der Waals surface area contributed by atoms with Gasteiger partial charge in [0, 0.05) is 25.0 Å². The summed E-state index contributed by atoms with van der Waals surface area (Å²) in [5.74, 6) is 0.955. The maximum Gasteiger partial charge on any atom is 0.224 e. The molecule has 2 rings (SSSR count). The van der Waals surface area contributed by atoms with Gasteiger partial charge in [0.25, 0.3) is 0 Å². The van der Waals surface area contributed by atoms with Crippen LogP contribution in [0.5, 0.6) is 5.75 Å². The SMILES string of the molecule is CC.COc1ccc(CN2CC(C)(N)CC2=O)cc1. The van der Waals surface area contributed by atoms with Crippen molar-refractivity contribution < 1.29 is 9.53 Å². The Kier molecular flexibility index (Phi) is 5.36. The summed E-state index contributed by atoms with van der Waals surface area (Å²) in [5.41, 5.74) is 6.68. The Morgan fingerprint density at radius 1 is 1.32 bits per heavy atom. The van der Waals surface area contributed by atoms with Crippen molar-refractivity contribution in [1.29, 1.82) is 0 Å². The van der Waals surface area contributed by atoms with Crippen molar-refractivity contribution in [2.24, 2.45) is 5.73 Å². The van der Waals surface area contributed by atoms with E-state index in [0.29, 0.717) is 19.5 Å². The van der Waals surface area contributed by atoms with Crippen molar-refractivity contribution in [2.75, 3.05) is 13.7 Å². The van der Waals surface area contributed by atoms with Crippen LogP contribution in [0.3, 0.4) is 0 Å². The summed E-state index contributed by atoms with van der Waals surface area (Å²) in [7, 11) is 1.64. The molecule has 0 spiro atoms. The predicted octanol–water partition coefficient (Wildman–Crippen LogP) is 2.17. The van der Waals surface area contributed by atoms with Crippen LogP contribution in [0.25, 0.3) is 0 Å². The Bertz CT molecular complexity index is 413. The van der Waals surface area contributed by atoms with Gasteiger partial charge in [-0.15, -0.1) is 0 Å². The van der Waals surface area contributed by atoms with E-state index in [0.717, 1.165) is 11.3 Å². The number of hydrogen-bond acceptors (Lipinski definition) is 3. The normalized spacial score (nSPS) is 21.9. The average molecular weight is 264 g/mol. The van der Waals surface area contributed by atoms with Gasteiger partial charge in [0.15, 0.2) is 0 Å². The number of nitrogens with two attached hydrogens (primary N) is 1. The molecule has 1 aliphatic heterocycles. The molecule has 1 fully saturated rings. The average Bonchev–Trinajstić information content (AvgIpc) is 2.65. The Morgan fingerprint density at radius 3 is 2.32 bits per heavy atom. The molecule has 0 bridgehead atoms. The van der Waals surface area contributed by atoms with Crippen LogP contribution in [-0.2, 0) is 11.3 Å². The van der Waals surface area contributed by atoms with Crippen LogP contribution in [0.4, 0.5) is 0 Å². The first kappa shape index (κ1) is 15.5. The van der Waals surface area contributed by atoms with Crippen LogP contribution in [0, 0.1) is 0 Å². The van der Waals surface area contributed by atoms with E-state index in [1.807, 2.05) is 49.9 Å². The molecule has 0 radical (unpaired) electrons. The van der Waals surface area contributed by atoms with Crippen LogP contribution in [0.2, 0.25) is 0 Å². The Balaban J connectivity index is 0.000000861. The van der Waals surface area contributed by atoms with Gasteiger partial charge < -0.3 is 15.4 Å². The highest BCUT2D eigenvalue weighted by Crippen LogP contribution is 2.22. The summed E-state index contributed by atoms with van der Waals surface area (Å²) in [4.78, 5) is 13.5. The van der Waals surface area contributed by atoms with E-state index >= 15 is 0 Å². The van der Waals surface area contributed by atoms with Gasteiger partial charge >= 0.3 is 0 Å². The van der Waals surface area contributed by atoms with Crippen molar-refractivity contribution in [3.8, 4) is 5.75 Å². The fourth-order valence-electron chi connectivity index (χ4n) is 2.13. The molecule has 0 aromatic heterocycles. The van der Waals surface area contributed by atoms with Gasteiger partial charge in [0.1, 0.15) is 5.75 Å². The van der Waals surface area contributed by atoms with E-state index in [4.69, 9.17) is 10.5 Å². The molecule has 1 atom stereocenters. The molecule has 1 unspecified atom stereocenters. The molecule has 1 heterocycles. The zero-order chi connectivity index (χ0) is 14.5. The lowest BCUT2D eigenvalue weighted by Crippen LogP contribution is -2.38. The summed E-state index contributed by atoms with van der Waals surface area (Å²) in [6.45, 7) is 7.16. The number of carbonyl (C=O) groups excluding carboxylic acids is 1. The van der Waals surface area contributed by atoms with Gasteiger partial charge in [-0.1, -0.05) is 26.0 Å². The zero-order valence-corrected chi connectivity index (χ0v) is 12.3. The van der Waals surface area contributed by atoms with E-state index in [9.17, 15) is 4.79 Å². The third-order valence-electron chi connectivity index (χ3n) is 2.99. The number of amides is 1. The molecule has 1 amide bonds. The first-order chi connectivity index (χ1) is 9.00. The third-order valence-corrected chi connectivity index (χ3v) is 2.99. The fourth-order valence-corrected chi connectivity index (χ4v) is 2.13. The van der Waals surface area contributed by atoms with Gasteiger partial charge in [-0.25, -0.2) is 0 Å². The Morgan fingerprint density at radius 2 is 1.89 bits per heavy atom. The number of nitrogens with zero attached hydrogens (tertiary/aromatic N) is 1. The highest BCUT2D eigenvalue weighted by molar-refractivity contribution is 5.80. The molecule has 2 N–H and O–H groups in total. The summed E-state index contributed by atoms with van der Waals surface area (Å²) < 4.78 is 5.09. The molecule has 106 valence electrons. The minimum Gasteiger partial charge on any atom is -0.497 e. The molecule has 0 saturated carbocycles. The van der Waals surface area contributed by atoms with E-state index in [1.54, 1.807) is 7.11 Å². The van der Waals surface area contributed by atoms with Gasteiger partial charge in [0.05, 0.1) is 7.11 Å². The van der Waals surface area contributed by atoms with Crippen LogP contribution in [0.15, 0.2) is 24.3 Å². The van der Waals surface area contributed by atoms with Crippen LogP contribution in [0.1, 0.15) is 32.8 Å². The van der Waals surface area contributed by atoms with Crippen LogP contribution in [-0.4, -0.2) is 30.0 Å². The second-order valence-electron chi connectivity index (χ2n) is 4.93. The number of carbonyl (C=O) groups is 1. The van der Waals surface area contributed by atoms with E-state index in [2.05, 4.69) is 0 Å². The largest absolute Gasteiger partial charge is 0.497 e. The molecular formula is C15H24N2O2. The highest BCUT2D eigenvalue weighted by atomic mass is 16.5. The zero-order valence-electron chi connectivity index (χ0n) is 12.3. The first-order valence-electron chi connectivity index (χ1n) is 6.70. The maximum atomic E-state index is 11.7. The fraction of sp³-hybridized carbons (Fsp3) is 0.533. The lowest BCUT2D eigenvalue weighted by molar-refractivity contribution is -0.128. The monoisotopic (exact) mass is 264 g/mol. The Hall–Kier alpha value is -1.55. The molecule has 19 heavy (non-hydrogen) atoms. The number of benzene rings is 1. The van der Waals surface area contributed by atoms with Gasteiger partial charge in [0.2, 0.25) is 5.91 Å². The summed E-state index contributed by atoms with van der Waals surface area (Å²) >= 11 is 0. The second-order valence-corrected chi connectivity index (χ2v) is 4.93. The number of methoxy groups -OCH3 is 1. The molecule has 1 aliphatic rings. The molecule has 4 heteroatoms. The molecule has 1 saturated heterocycles. The number of rotatable bonds is 3. The summed E-state index contributed by atoms with van der Waals surface area (Å²) in [6, 6.07) is 7.74. The van der Waals surface area contributed by atoms with Gasteiger partial charge in [-0.3, -0.25) is 4.79 Å². The Labute approximate surface area is 115 Å². The number of likely N-dealkylation sites (tertiary alicyclic amines) is 1. The van der Waals surface area contributed by atoms with Crippen LogP contribution >= 0.6 is 0 Å². The predicted molar refractivity (Wildman–Crippen MR) is 77.0 cm³/mol. The quantitative estimate of drug-likeness (QED) is 0.910. The van der Waals surface area contributed by atoms with E-state index in [1.165, 1.54) is 0 Å². The summed E-state index contributed by atoms with van der Waals surface area (Å²) in [6.07, 6.45) is 0.434. The van der Waals surface area contributed by atoms with Crippen molar-refractivity contribution in [3.63, 3.8) is 0 Å².